The van der Waals surface area contributed by atoms with Crippen molar-refractivity contribution >= 4 is 0 Å². The summed E-state index contributed by atoms with van der Waals surface area (Å²) in [5.41, 5.74) is 0. The van der Waals surface area contributed by atoms with Gasteiger partial charge in [-0.3, -0.25) is 0 Å². The van der Waals surface area contributed by atoms with Gasteiger partial charge in [-0.15, -0.1) is 0 Å². The lowest BCUT2D eigenvalue weighted by Gasteiger charge is -2.22. The zero-order valence-electron chi connectivity index (χ0n) is 6.45. The van der Waals surface area contributed by atoms with Gasteiger partial charge in [0.25, 0.3) is 0 Å². The highest BCUT2D eigenvalue weighted by Crippen LogP contribution is 2.17. The van der Waals surface area contributed by atoms with Gasteiger partial charge in [-0.2, -0.15) is 0 Å². The summed E-state index contributed by atoms with van der Waals surface area (Å²) in [4.78, 5) is 0. The summed E-state index contributed by atoms with van der Waals surface area (Å²) in [6.07, 6.45) is 3.06. The van der Waals surface area contributed by atoms with Crippen LogP contribution in [-0.4, -0.2) is 18.0 Å². The molecular weight excluding hydrogens is 128 g/mol. The number of aliphatic hydroxyl groups excluding tert-OH is 1. The first-order chi connectivity index (χ1) is 4.70. The van der Waals surface area contributed by atoms with Gasteiger partial charge in [0.15, 0.2) is 6.29 Å². The topological polar surface area (TPSA) is 29.5 Å². The molecule has 0 spiro atoms. The molecule has 10 heavy (non-hydrogen) atoms. The Balaban J connectivity index is 2.45. The van der Waals surface area contributed by atoms with Crippen molar-refractivity contribution < 1.29 is 9.84 Å². The molecule has 2 heteroatoms. The van der Waals surface area contributed by atoms with Crippen LogP contribution in [0.2, 0.25) is 0 Å². The van der Waals surface area contributed by atoms with E-state index in [9.17, 15) is 0 Å². The standard InChI is InChI=1S/C8H14O2/c1-6(2)7-3-4-8(9)10-5-7/h3-4,6-9H,5H2,1-2H3. The number of hydrogen-bond acceptors (Lipinski definition) is 2. The number of aliphatic hydroxyl groups is 1. The first-order valence-electron chi connectivity index (χ1n) is 3.68. The Hall–Kier alpha value is -0.340. The third-order valence-electron chi connectivity index (χ3n) is 1.84. The number of hydrogen-bond donors (Lipinski definition) is 1. The van der Waals surface area contributed by atoms with Crippen molar-refractivity contribution in [3.63, 3.8) is 0 Å². The summed E-state index contributed by atoms with van der Waals surface area (Å²) in [6, 6.07) is 0. The van der Waals surface area contributed by atoms with Crippen molar-refractivity contribution in [2.24, 2.45) is 11.8 Å². The van der Waals surface area contributed by atoms with Crippen LogP contribution in [0.25, 0.3) is 0 Å². The summed E-state index contributed by atoms with van der Waals surface area (Å²) >= 11 is 0. The van der Waals surface area contributed by atoms with Crippen LogP contribution in [0, 0.1) is 11.8 Å². The predicted octanol–water partition coefficient (Wildman–Crippen LogP) is 1.16. The lowest BCUT2D eigenvalue weighted by molar-refractivity contribution is -0.0845. The summed E-state index contributed by atoms with van der Waals surface area (Å²) in [5, 5.41) is 8.90. The fourth-order valence-corrected chi connectivity index (χ4v) is 0.973. The normalized spacial score (nSPS) is 33.2. The number of rotatable bonds is 1. The first-order valence-corrected chi connectivity index (χ1v) is 3.68. The van der Waals surface area contributed by atoms with E-state index >= 15 is 0 Å². The molecule has 0 amide bonds. The molecule has 2 unspecified atom stereocenters. The van der Waals surface area contributed by atoms with Gasteiger partial charge in [0.1, 0.15) is 0 Å². The smallest absolute Gasteiger partial charge is 0.174 e. The van der Waals surface area contributed by atoms with E-state index in [1.54, 1.807) is 6.08 Å². The minimum atomic E-state index is -0.671. The third-order valence-corrected chi connectivity index (χ3v) is 1.84. The van der Waals surface area contributed by atoms with Crippen molar-refractivity contribution in [1.82, 2.24) is 0 Å². The van der Waals surface area contributed by atoms with Crippen LogP contribution in [0.4, 0.5) is 0 Å². The third kappa shape index (κ3) is 1.82. The van der Waals surface area contributed by atoms with Gasteiger partial charge in [0, 0.05) is 5.92 Å². The van der Waals surface area contributed by atoms with Crippen LogP contribution in [0.5, 0.6) is 0 Å². The summed E-state index contributed by atoms with van der Waals surface area (Å²) < 4.78 is 5.02. The van der Waals surface area contributed by atoms with E-state index in [0.29, 0.717) is 18.4 Å². The van der Waals surface area contributed by atoms with Crippen molar-refractivity contribution in [2.45, 2.75) is 20.1 Å². The van der Waals surface area contributed by atoms with E-state index in [2.05, 4.69) is 13.8 Å². The number of ether oxygens (including phenoxy) is 1. The maximum atomic E-state index is 8.90. The van der Waals surface area contributed by atoms with Gasteiger partial charge in [0.05, 0.1) is 6.61 Å². The minimum Gasteiger partial charge on any atom is -0.365 e. The minimum absolute atomic E-state index is 0.475. The van der Waals surface area contributed by atoms with E-state index in [4.69, 9.17) is 9.84 Å². The Bertz CT molecular complexity index is 129. The van der Waals surface area contributed by atoms with Crippen molar-refractivity contribution in [3.8, 4) is 0 Å². The molecule has 0 bridgehead atoms. The average molecular weight is 142 g/mol. The van der Waals surface area contributed by atoms with Gasteiger partial charge >= 0.3 is 0 Å². The molecule has 2 nitrogen and oxygen atoms in total. The monoisotopic (exact) mass is 142 g/mol. The van der Waals surface area contributed by atoms with Gasteiger partial charge in [-0.25, -0.2) is 0 Å². The van der Waals surface area contributed by atoms with E-state index in [1.165, 1.54) is 0 Å². The van der Waals surface area contributed by atoms with Crippen LogP contribution in [0.1, 0.15) is 13.8 Å². The summed E-state index contributed by atoms with van der Waals surface area (Å²) in [7, 11) is 0. The van der Waals surface area contributed by atoms with Crippen molar-refractivity contribution in [1.29, 1.82) is 0 Å². The molecule has 0 saturated carbocycles. The quantitative estimate of drug-likeness (QED) is 0.557. The molecule has 0 aromatic heterocycles. The maximum Gasteiger partial charge on any atom is 0.174 e. The largest absolute Gasteiger partial charge is 0.365 e. The van der Waals surface area contributed by atoms with Crippen molar-refractivity contribution in [2.75, 3.05) is 6.61 Å². The van der Waals surface area contributed by atoms with Crippen LogP contribution >= 0.6 is 0 Å². The Morgan fingerprint density at radius 2 is 2.20 bits per heavy atom. The second-order valence-electron chi connectivity index (χ2n) is 3.02. The maximum absolute atomic E-state index is 8.90. The second-order valence-corrected chi connectivity index (χ2v) is 3.02. The molecule has 2 atom stereocenters. The van der Waals surface area contributed by atoms with E-state index in [0.717, 1.165) is 0 Å². The second kappa shape index (κ2) is 3.17. The lowest BCUT2D eigenvalue weighted by Crippen LogP contribution is -2.23. The lowest BCUT2D eigenvalue weighted by atomic mass is 9.95. The van der Waals surface area contributed by atoms with Crippen LogP contribution in [0.15, 0.2) is 12.2 Å². The van der Waals surface area contributed by atoms with E-state index in [-0.39, 0.29) is 0 Å². The highest BCUT2D eigenvalue weighted by molar-refractivity contribution is 4.95. The summed E-state index contributed by atoms with van der Waals surface area (Å²) in [5.74, 6) is 1.08. The molecule has 1 N–H and O–H groups in total. The summed E-state index contributed by atoms with van der Waals surface area (Å²) in [6.45, 7) is 4.95. The van der Waals surface area contributed by atoms with Crippen LogP contribution < -0.4 is 0 Å². The molecule has 58 valence electrons. The zero-order chi connectivity index (χ0) is 7.56. The van der Waals surface area contributed by atoms with Crippen LogP contribution in [-0.2, 0) is 4.74 Å². The Kier molecular flexibility index (Phi) is 2.46. The zero-order valence-corrected chi connectivity index (χ0v) is 6.45. The molecule has 1 aliphatic rings. The highest BCUT2D eigenvalue weighted by Gasteiger charge is 2.16. The molecule has 0 aromatic carbocycles. The van der Waals surface area contributed by atoms with Gasteiger partial charge in [-0.1, -0.05) is 19.9 Å². The Morgan fingerprint density at radius 3 is 2.60 bits per heavy atom. The van der Waals surface area contributed by atoms with E-state index in [1.807, 2.05) is 6.08 Å². The van der Waals surface area contributed by atoms with E-state index < -0.39 is 6.29 Å². The first kappa shape index (κ1) is 7.76. The Labute approximate surface area is 61.5 Å². The molecule has 0 fully saturated rings. The molecule has 0 aliphatic carbocycles. The van der Waals surface area contributed by atoms with Gasteiger partial charge in [-0.05, 0) is 12.0 Å². The average Bonchev–Trinajstić information content (AvgIpc) is 1.88. The van der Waals surface area contributed by atoms with Crippen molar-refractivity contribution in [3.05, 3.63) is 12.2 Å². The molecular formula is C8H14O2. The highest BCUT2D eigenvalue weighted by atomic mass is 16.6. The molecule has 1 aliphatic heterocycles. The fourth-order valence-electron chi connectivity index (χ4n) is 0.973. The van der Waals surface area contributed by atoms with Gasteiger partial charge in [0.2, 0.25) is 0 Å². The molecule has 0 saturated heterocycles. The van der Waals surface area contributed by atoms with Crippen LogP contribution in [0.3, 0.4) is 0 Å². The molecule has 1 heterocycles. The SMILES string of the molecule is CC(C)C1C=CC(O)OC1. The predicted molar refractivity (Wildman–Crippen MR) is 39.4 cm³/mol. The molecule has 1 rings (SSSR count). The Morgan fingerprint density at radius 1 is 1.50 bits per heavy atom. The van der Waals surface area contributed by atoms with Gasteiger partial charge < -0.3 is 9.84 Å². The molecule has 0 aromatic rings. The molecule has 0 radical (unpaired) electrons. The fraction of sp³-hybridized carbons (Fsp3) is 0.750.